The summed E-state index contributed by atoms with van der Waals surface area (Å²) in [5.41, 5.74) is 0.397. The first-order valence-electron chi connectivity index (χ1n) is 5.79. The molecule has 0 amide bonds. The largest absolute Gasteiger partial charge is 0.495 e. The molecule has 19 heavy (non-hydrogen) atoms. The molecule has 0 saturated carbocycles. The van der Waals surface area contributed by atoms with Crippen LogP contribution < -0.4 is 10.2 Å². The molecule has 0 aliphatic heterocycles. The van der Waals surface area contributed by atoms with E-state index in [2.05, 4.69) is 0 Å². The molecule has 0 saturated heterocycles. The monoisotopic (exact) mass is 281 g/mol. The van der Waals surface area contributed by atoms with Crippen molar-refractivity contribution in [3.8, 4) is 5.75 Å². The van der Waals surface area contributed by atoms with Gasteiger partial charge in [0.1, 0.15) is 5.75 Å². The number of aryl methyl sites for hydroxylation is 1. The van der Waals surface area contributed by atoms with Crippen LogP contribution in [0.1, 0.15) is 6.92 Å². The molecule has 0 unspecified atom stereocenters. The summed E-state index contributed by atoms with van der Waals surface area (Å²) in [5, 5.41) is 0.351. The lowest BCUT2D eigenvalue weighted by atomic mass is 10.2. The number of fused-ring (bicyclic) bond motifs is 1. The molecule has 5 nitrogen and oxygen atoms in total. The minimum absolute atomic E-state index is 0.0859. The Bertz CT molecular complexity index is 790. The zero-order valence-electron chi connectivity index (χ0n) is 11.0. The Kier molecular flexibility index (Phi) is 3.36. The molecule has 2 aromatic rings. The molecule has 0 bridgehead atoms. The fourth-order valence-corrected chi connectivity index (χ4v) is 2.67. The summed E-state index contributed by atoms with van der Waals surface area (Å²) in [6.07, 6.45) is 2.78. The summed E-state index contributed by atoms with van der Waals surface area (Å²) in [4.78, 5) is 12.0. The van der Waals surface area contributed by atoms with Crippen molar-refractivity contribution in [3.63, 3.8) is 0 Å². The molecule has 1 aromatic heterocycles. The third-order valence-corrected chi connectivity index (χ3v) is 4.09. The van der Waals surface area contributed by atoms with Gasteiger partial charge in [-0.15, -0.1) is 0 Å². The lowest BCUT2D eigenvalue weighted by Crippen LogP contribution is -2.10. The van der Waals surface area contributed by atoms with Crippen molar-refractivity contribution in [2.45, 2.75) is 18.4 Å². The summed E-state index contributed by atoms with van der Waals surface area (Å²) >= 11 is 0. The van der Waals surface area contributed by atoms with Crippen LogP contribution in [0.3, 0.4) is 0 Å². The molecule has 0 spiro atoms. The Balaban J connectivity index is 3.00. The van der Waals surface area contributed by atoms with Crippen molar-refractivity contribution in [1.82, 2.24) is 4.57 Å². The van der Waals surface area contributed by atoms with Gasteiger partial charge in [-0.3, -0.25) is 4.79 Å². The molecule has 0 aliphatic rings. The first-order valence-corrected chi connectivity index (χ1v) is 7.69. The number of benzene rings is 1. The maximum absolute atomic E-state index is 11.9. The van der Waals surface area contributed by atoms with Crippen LogP contribution in [-0.2, 0) is 16.4 Å². The van der Waals surface area contributed by atoms with Crippen molar-refractivity contribution < 1.29 is 13.2 Å². The Morgan fingerprint density at radius 2 is 2.00 bits per heavy atom. The van der Waals surface area contributed by atoms with Gasteiger partial charge in [-0.25, -0.2) is 8.42 Å². The van der Waals surface area contributed by atoms with E-state index < -0.39 is 9.84 Å². The molecule has 0 aliphatic carbocycles. The van der Waals surface area contributed by atoms with E-state index in [0.717, 1.165) is 6.26 Å². The molecular weight excluding hydrogens is 266 g/mol. The summed E-state index contributed by atoms with van der Waals surface area (Å²) in [6, 6.07) is 4.28. The highest BCUT2D eigenvalue weighted by Crippen LogP contribution is 2.27. The quantitative estimate of drug-likeness (QED) is 0.853. The summed E-state index contributed by atoms with van der Waals surface area (Å²) in [6.45, 7) is 2.60. The maximum Gasteiger partial charge on any atom is 0.189 e. The molecule has 2 rings (SSSR count). The average Bonchev–Trinajstić information content (AvgIpc) is 2.37. The van der Waals surface area contributed by atoms with Crippen molar-refractivity contribution in [2.24, 2.45) is 0 Å². The maximum atomic E-state index is 11.9. The van der Waals surface area contributed by atoms with Gasteiger partial charge in [0.2, 0.25) is 0 Å². The standard InChI is InChI=1S/C13H15NO4S/c1-4-14-6-5-11(15)10-7-9(19(3,16)17)8-12(18-2)13(10)14/h5-8H,4H2,1-3H3. The van der Waals surface area contributed by atoms with Crippen LogP contribution in [0.5, 0.6) is 5.75 Å². The first kappa shape index (κ1) is 13.6. The second kappa shape index (κ2) is 4.70. The molecule has 1 aromatic carbocycles. The van der Waals surface area contributed by atoms with Crippen LogP contribution in [-0.4, -0.2) is 26.4 Å². The number of hydrogen-bond donors (Lipinski definition) is 0. The van der Waals surface area contributed by atoms with E-state index in [1.807, 2.05) is 11.5 Å². The van der Waals surface area contributed by atoms with Crippen LogP contribution in [0.15, 0.2) is 34.1 Å². The lowest BCUT2D eigenvalue weighted by molar-refractivity contribution is 0.416. The molecule has 1 heterocycles. The minimum atomic E-state index is -3.39. The zero-order valence-corrected chi connectivity index (χ0v) is 11.8. The van der Waals surface area contributed by atoms with Gasteiger partial charge in [0, 0.05) is 31.1 Å². The van der Waals surface area contributed by atoms with E-state index in [9.17, 15) is 13.2 Å². The Morgan fingerprint density at radius 3 is 2.53 bits per heavy atom. The fourth-order valence-electron chi connectivity index (χ4n) is 2.02. The summed E-state index contributed by atoms with van der Waals surface area (Å²) < 4.78 is 30.4. The molecule has 0 N–H and O–H groups in total. The van der Waals surface area contributed by atoms with Crippen molar-refractivity contribution >= 4 is 20.7 Å². The van der Waals surface area contributed by atoms with Gasteiger partial charge in [0.25, 0.3) is 0 Å². The first-order chi connectivity index (χ1) is 8.88. The SMILES string of the molecule is CCn1ccc(=O)c2cc(S(C)(=O)=O)cc(OC)c21. The average molecular weight is 281 g/mol. The number of methoxy groups -OCH3 is 1. The predicted octanol–water partition coefficient (Wildman–Crippen LogP) is 1.43. The van der Waals surface area contributed by atoms with Gasteiger partial charge >= 0.3 is 0 Å². The molecule has 0 radical (unpaired) electrons. The summed E-state index contributed by atoms with van der Waals surface area (Å²) in [5.74, 6) is 0.387. The van der Waals surface area contributed by atoms with E-state index in [0.29, 0.717) is 23.2 Å². The van der Waals surface area contributed by atoms with Crippen molar-refractivity contribution in [2.75, 3.05) is 13.4 Å². The third-order valence-electron chi connectivity index (χ3n) is 3.00. The normalized spacial score (nSPS) is 11.7. The lowest BCUT2D eigenvalue weighted by Gasteiger charge is -2.13. The van der Waals surface area contributed by atoms with Crippen LogP contribution in [0.4, 0.5) is 0 Å². The molecule has 102 valence electrons. The second-order valence-electron chi connectivity index (χ2n) is 4.26. The fraction of sp³-hybridized carbons (Fsp3) is 0.308. The summed E-state index contributed by atoms with van der Waals surface area (Å²) in [7, 11) is -1.93. The van der Waals surface area contributed by atoms with E-state index in [4.69, 9.17) is 4.74 Å². The van der Waals surface area contributed by atoms with Crippen LogP contribution in [0, 0.1) is 0 Å². The predicted molar refractivity (Wildman–Crippen MR) is 73.5 cm³/mol. The highest BCUT2D eigenvalue weighted by Gasteiger charge is 2.15. The number of pyridine rings is 1. The van der Waals surface area contributed by atoms with Gasteiger partial charge in [-0.1, -0.05) is 0 Å². The Morgan fingerprint density at radius 1 is 1.32 bits per heavy atom. The molecule has 6 heteroatoms. The number of ether oxygens (including phenoxy) is 1. The number of sulfone groups is 1. The molecule has 0 atom stereocenters. The van der Waals surface area contributed by atoms with E-state index in [1.165, 1.54) is 25.3 Å². The second-order valence-corrected chi connectivity index (χ2v) is 6.28. The number of aromatic nitrogens is 1. The Hall–Kier alpha value is -1.82. The molecule has 0 fully saturated rings. The highest BCUT2D eigenvalue weighted by molar-refractivity contribution is 7.90. The smallest absolute Gasteiger partial charge is 0.189 e. The van der Waals surface area contributed by atoms with Crippen LogP contribution >= 0.6 is 0 Å². The Labute approximate surface area is 111 Å². The number of hydrogen-bond acceptors (Lipinski definition) is 4. The highest BCUT2D eigenvalue weighted by atomic mass is 32.2. The van der Waals surface area contributed by atoms with Crippen molar-refractivity contribution in [3.05, 3.63) is 34.6 Å². The minimum Gasteiger partial charge on any atom is -0.495 e. The topological polar surface area (TPSA) is 65.4 Å². The third kappa shape index (κ3) is 2.35. The zero-order chi connectivity index (χ0) is 14.2. The van der Waals surface area contributed by atoms with E-state index in [-0.39, 0.29) is 10.3 Å². The van der Waals surface area contributed by atoms with Gasteiger partial charge in [-0.2, -0.15) is 0 Å². The number of rotatable bonds is 3. The van der Waals surface area contributed by atoms with E-state index in [1.54, 1.807) is 6.20 Å². The van der Waals surface area contributed by atoms with Gasteiger partial charge < -0.3 is 9.30 Å². The molecular formula is C13H15NO4S. The number of nitrogens with zero attached hydrogens (tertiary/aromatic N) is 1. The van der Waals surface area contributed by atoms with Crippen LogP contribution in [0.2, 0.25) is 0 Å². The van der Waals surface area contributed by atoms with Crippen molar-refractivity contribution in [1.29, 1.82) is 0 Å². The van der Waals surface area contributed by atoms with Gasteiger partial charge in [0.15, 0.2) is 15.3 Å². The van der Waals surface area contributed by atoms with Gasteiger partial charge in [-0.05, 0) is 13.0 Å². The van der Waals surface area contributed by atoms with Crippen LogP contribution in [0.25, 0.3) is 10.9 Å². The van der Waals surface area contributed by atoms with Gasteiger partial charge in [0.05, 0.1) is 22.9 Å². The van der Waals surface area contributed by atoms with E-state index >= 15 is 0 Å².